The Morgan fingerprint density at radius 1 is 1.09 bits per heavy atom. The van der Waals surface area contributed by atoms with Crippen LogP contribution in [0.4, 0.5) is 23.1 Å². The normalized spacial score (nSPS) is 10.4. The second-order valence-electron chi connectivity index (χ2n) is 7.06. The average molecular weight is 450 g/mol. The van der Waals surface area contributed by atoms with Crippen molar-refractivity contribution in [2.45, 2.75) is 13.3 Å². The lowest BCUT2D eigenvalue weighted by Crippen LogP contribution is -2.07. The number of methoxy groups -OCH3 is 2. The summed E-state index contributed by atoms with van der Waals surface area (Å²) in [6, 6.07) is 11.0. The van der Waals surface area contributed by atoms with E-state index in [1.54, 1.807) is 25.4 Å². The van der Waals surface area contributed by atoms with Crippen LogP contribution in [0.5, 0.6) is 11.8 Å². The van der Waals surface area contributed by atoms with E-state index in [0.29, 0.717) is 42.4 Å². The molecule has 0 aliphatic rings. The highest BCUT2D eigenvalue weighted by Crippen LogP contribution is 2.26. The van der Waals surface area contributed by atoms with Crippen molar-refractivity contribution in [2.24, 2.45) is 0 Å². The van der Waals surface area contributed by atoms with E-state index in [0.717, 1.165) is 16.8 Å². The van der Waals surface area contributed by atoms with E-state index in [1.807, 2.05) is 31.2 Å². The van der Waals surface area contributed by atoms with Gasteiger partial charge in [0.2, 0.25) is 17.7 Å². The molecule has 1 aromatic carbocycles. The van der Waals surface area contributed by atoms with Gasteiger partial charge in [-0.25, -0.2) is 4.98 Å². The number of ketones is 1. The number of carbonyl (C=O) groups excluding carboxylic acids is 1. The van der Waals surface area contributed by atoms with Gasteiger partial charge in [0.15, 0.2) is 5.78 Å². The van der Waals surface area contributed by atoms with Gasteiger partial charge in [-0.15, -0.1) is 0 Å². The number of rotatable bonds is 12. The predicted molar refractivity (Wildman–Crippen MR) is 127 cm³/mol. The largest absolute Gasteiger partial charge is 0.481 e. The molecule has 0 unspecified atom stereocenters. The van der Waals surface area contributed by atoms with Crippen LogP contribution in [0.3, 0.4) is 0 Å². The quantitative estimate of drug-likeness (QED) is 0.313. The average Bonchev–Trinajstić information content (AvgIpc) is 2.82. The highest BCUT2D eigenvalue weighted by Gasteiger charge is 2.11. The first-order valence-electron chi connectivity index (χ1n) is 10.3. The van der Waals surface area contributed by atoms with Crippen molar-refractivity contribution >= 4 is 28.9 Å². The van der Waals surface area contributed by atoms with Crippen LogP contribution in [0, 0.1) is 6.92 Å². The monoisotopic (exact) mass is 449 g/mol. The number of nitrogens with zero attached hydrogens (tertiary/aromatic N) is 3. The molecule has 0 saturated heterocycles. The topological polar surface area (TPSA) is 107 Å². The van der Waals surface area contributed by atoms with E-state index in [1.165, 1.54) is 13.2 Å². The van der Waals surface area contributed by atoms with E-state index in [9.17, 15) is 4.79 Å². The minimum absolute atomic E-state index is 0.0545. The van der Waals surface area contributed by atoms with E-state index >= 15 is 0 Å². The number of hydrogen-bond acceptors (Lipinski definition) is 9. The van der Waals surface area contributed by atoms with Gasteiger partial charge in [0.1, 0.15) is 12.4 Å². The molecule has 33 heavy (non-hydrogen) atoms. The fourth-order valence-electron chi connectivity index (χ4n) is 2.90. The summed E-state index contributed by atoms with van der Waals surface area (Å²) in [5.41, 5.74) is 3.15. The second kappa shape index (κ2) is 11.6. The number of allylic oxidation sites excluding steroid dienone is 1. The summed E-state index contributed by atoms with van der Waals surface area (Å²) >= 11 is 0. The molecular weight excluding hydrogens is 422 g/mol. The lowest BCUT2D eigenvalue weighted by molar-refractivity contribution is -0.114. The molecule has 2 heterocycles. The number of benzene rings is 1. The molecule has 0 bridgehead atoms. The third-order valence-electron chi connectivity index (χ3n) is 4.62. The van der Waals surface area contributed by atoms with E-state index in [-0.39, 0.29) is 12.2 Å². The maximum Gasteiger partial charge on any atom is 0.229 e. The van der Waals surface area contributed by atoms with Crippen LogP contribution in [0.2, 0.25) is 0 Å². The number of aromatic nitrogens is 3. The van der Waals surface area contributed by atoms with Crippen LogP contribution in [-0.2, 0) is 16.0 Å². The number of ether oxygens (including phenoxy) is 3. The number of carbonyl (C=O) groups is 1. The van der Waals surface area contributed by atoms with Crippen LogP contribution < -0.4 is 20.1 Å². The lowest BCUT2D eigenvalue weighted by Gasteiger charge is -2.14. The smallest absolute Gasteiger partial charge is 0.229 e. The molecule has 9 heteroatoms. The Morgan fingerprint density at radius 2 is 1.88 bits per heavy atom. The molecule has 0 atom stereocenters. The predicted octanol–water partition coefficient (Wildman–Crippen LogP) is 4.00. The van der Waals surface area contributed by atoms with Crippen molar-refractivity contribution in [2.75, 3.05) is 38.1 Å². The highest BCUT2D eigenvalue weighted by atomic mass is 16.5. The van der Waals surface area contributed by atoms with Crippen LogP contribution in [0.1, 0.15) is 11.1 Å². The maximum absolute atomic E-state index is 11.9. The van der Waals surface area contributed by atoms with E-state index in [4.69, 9.17) is 14.2 Å². The number of para-hydroxylation sites is 1. The summed E-state index contributed by atoms with van der Waals surface area (Å²) in [6.45, 7) is 6.25. The van der Waals surface area contributed by atoms with Gasteiger partial charge in [0.05, 0.1) is 19.4 Å². The number of nitrogens with one attached hydrogen (secondary N) is 2. The SMILES string of the molecule is C=CC(=O)Cc1ccccc1Nc1nc(Nc2cc(OC)nc(OCCOC)c2)ncc1C. The zero-order valence-corrected chi connectivity index (χ0v) is 18.9. The van der Waals surface area contributed by atoms with Gasteiger partial charge in [-0.05, 0) is 24.6 Å². The summed E-state index contributed by atoms with van der Waals surface area (Å²) in [4.78, 5) is 25.1. The van der Waals surface area contributed by atoms with Crippen LogP contribution in [0.15, 0.2) is 55.3 Å². The van der Waals surface area contributed by atoms with Crippen LogP contribution in [0.25, 0.3) is 0 Å². The molecule has 172 valence electrons. The van der Waals surface area contributed by atoms with Crippen LogP contribution >= 0.6 is 0 Å². The number of aryl methyl sites for hydroxylation is 1. The molecular formula is C24H27N5O4. The molecule has 3 aromatic rings. The number of pyridine rings is 1. The first-order valence-corrected chi connectivity index (χ1v) is 10.3. The van der Waals surface area contributed by atoms with Gasteiger partial charge in [0, 0.05) is 43.1 Å². The molecule has 0 saturated carbocycles. The molecule has 2 aromatic heterocycles. The molecule has 0 aliphatic carbocycles. The zero-order valence-electron chi connectivity index (χ0n) is 18.9. The summed E-state index contributed by atoms with van der Waals surface area (Å²) in [7, 11) is 3.13. The van der Waals surface area contributed by atoms with Gasteiger partial charge >= 0.3 is 0 Å². The number of hydrogen-bond donors (Lipinski definition) is 2. The van der Waals surface area contributed by atoms with Gasteiger partial charge < -0.3 is 24.8 Å². The first-order chi connectivity index (χ1) is 16.0. The molecule has 0 spiro atoms. The van der Waals surface area contributed by atoms with Crippen molar-refractivity contribution in [1.29, 1.82) is 0 Å². The molecule has 0 fully saturated rings. The summed E-state index contributed by atoms with van der Waals surface area (Å²) in [6.07, 6.45) is 3.29. The summed E-state index contributed by atoms with van der Waals surface area (Å²) in [5.74, 6) is 1.71. The summed E-state index contributed by atoms with van der Waals surface area (Å²) < 4.78 is 15.9. The van der Waals surface area contributed by atoms with Gasteiger partial charge in [0.25, 0.3) is 0 Å². The van der Waals surface area contributed by atoms with Crippen molar-refractivity contribution in [3.8, 4) is 11.8 Å². The Labute approximate surface area is 192 Å². The zero-order chi connectivity index (χ0) is 23.6. The van der Waals surface area contributed by atoms with E-state index in [2.05, 4.69) is 32.2 Å². The molecule has 3 rings (SSSR count). The third-order valence-corrected chi connectivity index (χ3v) is 4.62. The van der Waals surface area contributed by atoms with Crippen molar-refractivity contribution in [1.82, 2.24) is 15.0 Å². The second-order valence-corrected chi connectivity index (χ2v) is 7.06. The number of anilines is 4. The molecule has 0 radical (unpaired) electrons. The lowest BCUT2D eigenvalue weighted by atomic mass is 10.1. The Kier molecular flexibility index (Phi) is 8.31. The maximum atomic E-state index is 11.9. The Balaban J connectivity index is 1.82. The van der Waals surface area contributed by atoms with Crippen molar-refractivity contribution < 1.29 is 19.0 Å². The molecule has 0 amide bonds. The third kappa shape index (κ3) is 6.75. The fourth-order valence-corrected chi connectivity index (χ4v) is 2.90. The molecule has 2 N–H and O–H groups in total. The standard InChI is InChI=1S/C24H27N5O4/c1-5-19(30)12-17-8-6-7-9-20(17)27-23-16(2)15-25-24(29-23)26-18-13-21(32-4)28-22(14-18)33-11-10-31-3/h5-9,13-15H,1,10-12H2,2-4H3,(H2,25,26,27,28,29). The Morgan fingerprint density at radius 3 is 2.64 bits per heavy atom. The Bertz CT molecular complexity index is 1120. The Hall–Kier alpha value is -3.98. The van der Waals surface area contributed by atoms with Crippen LogP contribution in [-0.4, -0.2) is 48.2 Å². The van der Waals surface area contributed by atoms with Gasteiger partial charge in [-0.3, -0.25) is 4.79 Å². The fraction of sp³-hybridized carbons (Fsp3) is 0.250. The molecule has 0 aliphatic heterocycles. The van der Waals surface area contributed by atoms with Gasteiger partial charge in [-0.2, -0.15) is 9.97 Å². The molecule has 9 nitrogen and oxygen atoms in total. The summed E-state index contributed by atoms with van der Waals surface area (Å²) in [5, 5.41) is 6.47. The minimum Gasteiger partial charge on any atom is -0.481 e. The highest BCUT2D eigenvalue weighted by molar-refractivity contribution is 5.92. The first kappa shape index (κ1) is 23.7. The van der Waals surface area contributed by atoms with Crippen molar-refractivity contribution in [3.05, 3.63) is 66.4 Å². The minimum atomic E-state index is -0.0545. The van der Waals surface area contributed by atoms with Gasteiger partial charge in [-0.1, -0.05) is 24.8 Å². The van der Waals surface area contributed by atoms with E-state index < -0.39 is 0 Å². The van der Waals surface area contributed by atoms with Crippen molar-refractivity contribution in [3.63, 3.8) is 0 Å².